The van der Waals surface area contributed by atoms with E-state index in [2.05, 4.69) is 5.43 Å². The number of carbonyl (C=O) groups is 1. The zero-order valence-corrected chi connectivity index (χ0v) is 10.7. The van der Waals surface area contributed by atoms with Crippen LogP contribution in [0, 0.1) is 12.3 Å². The van der Waals surface area contributed by atoms with Crippen molar-refractivity contribution in [1.29, 1.82) is 0 Å². The Kier molecular flexibility index (Phi) is 2.83. The monoisotopic (exact) mass is 234 g/mol. The molecule has 0 aliphatic carbocycles. The number of carbonyl (C=O) groups excluding carboxylic acids is 1. The second-order valence-electron chi connectivity index (χ2n) is 4.96. The minimum Gasteiger partial charge on any atom is -0.359 e. The summed E-state index contributed by atoms with van der Waals surface area (Å²) < 4.78 is 5.44. The van der Waals surface area contributed by atoms with Crippen molar-refractivity contribution >= 4 is 11.6 Å². The zero-order chi connectivity index (χ0) is 12.6. The van der Waals surface area contributed by atoms with E-state index in [4.69, 9.17) is 4.74 Å². The van der Waals surface area contributed by atoms with Gasteiger partial charge >= 0.3 is 0 Å². The van der Waals surface area contributed by atoms with E-state index in [1.54, 1.807) is 12.1 Å². The van der Waals surface area contributed by atoms with E-state index in [0.717, 1.165) is 5.69 Å². The van der Waals surface area contributed by atoms with Gasteiger partial charge in [0.15, 0.2) is 6.23 Å². The lowest BCUT2D eigenvalue weighted by Gasteiger charge is -2.29. The summed E-state index contributed by atoms with van der Waals surface area (Å²) >= 11 is 0. The molecule has 0 bridgehead atoms. The maximum atomic E-state index is 11.9. The van der Waals surface area contributed by atoms with Crippen molar-refractivity contribution in [3.05, 3.63) is 29.8 Å². The molecule has 2 rings (SSSR count). The highest BCUT2D eigenvalue weighted by Crippen LogP contribution is 2.34. The van der Waals surface area contributed by atoms with E-state index in [1.165, 1.54) is 5.56 Å². The van der Waals surface area contributed by atoms with E-state index < -0.39 is 5.41 Å². The third-order valence-electron chi connectivity index (χ3n) is 3.19. The maximum absolute atomic E-state index is 11.9. The summed E-state index contributed by atoms with van der Waals surface area (Å²) in [5.41, 5.74) is 4.41. The van der Waals surface area contributed by atoms with Gasteiger partial charge in [0.25, 0.3) is 0 Å². The van der Waals surface area contributed by atoms with Gasteiger partial charge in [0.2, 0.25) is 5.91 Å². The first-order valence-electron chi connectivity index (χ1n) is 5.66. The molecule has 4 nitrogen and oxygen atoms in total. The number of hydrogen-bond acceptors (Lipinski definition) is 3. The third-order valence-corrected chi connectivity index (χ3v) is 3.19. The van der Waals surface area contributed by atoms with Crippen LogP contribution in [0.1, 0.15) is 19.4 Å². The van der Waals surface area contributed by atoms with Crippen LogP contribution in [0.5, 0.6) is 0 Å². The normalized spacial score (nSPS) is 22.7. The molecule has 1 aliphatic heterocycles. The molecule has 1 aromatic carbocycles. The summed E-state index contributed by atoms with van der Waals surface area (Å²) in [6.45, 7) is 5.79. The lowest BCUT2D eigenvalue weighted by molar-refractivity contribution is -0.129. The van der Waals surface area contributed by atoms with Gasteiger partial charge in [0, 0.05) is 7.11 Å². The molecule has 1 N–H and O–H groups in total. The molecule has 1 heterocycles. The van der Waals surface area contributed by atoms with E-state index >= 15 is 0 Å². The van der Waals surface area contributed by atoms with Crippen molar-refractivity contribution in [3.63, 3.8) is 0 Å². The molecule has 1 amide bonds. The largest absolute Gasteiger partial charge is 0.359 e. The SMILES string of the molecule is COC1N(c2ccc(C)cc2)NC(=O)C1(C)C. The molecule has 17 heavy (non-hydrogen) atoms. The Morgan fingerprint density at radius 3 is 2.41 bits per heavy atom. The Labute approximate surface area is 102 Å². The summed E-state index contributed by atoms with van der Waals surface area (Å²) in [7, 11) is 1.62. The van der Waals surface area contributed by atoms with Crippen LogP contribution in [0.3, 0.4) is 0 Å². The van der Waals surface area contributed by atoms with Crippen molar-refractivity contribution in [1.82, 2.24) is 5.43 Å². The average Bonchev–Trinajstić information content (AvgIpc) is 2.51. The Morgan fingerprint density at radius 2 is 1.88 bits per heavy atom. The molecule has 0 spiro atoms. The third kappa shape index (κ3) is 1.89. The number of hydrogen-bond donors (Lipinski definition) is 1. The molecule has 0 saturated carbocycles. The van der Waals surface area contributed by atoms with Crippen LogP contribution in [0.15, 0.2) is 24.3 Å². The quantitative estimate of drug-likeness (QED) is 0.849. The fourth-order valence-corrected chi connectivity index (χ4v) is 2.05. The van der Waals surface area contributed by atoms with E-state index in [-0.39, 0.29) is 12.1 Å². The number of hydrazine groups is 1. The molecule has 1 saturated heterocycles. The zero-order valence-electron chi connectivity index (χ0n) is 10.7. The maximum Gasteiger partial charge on any atom is 0.248 e. The number of rotatable bonds is 2. The number of aryl methyl sites for hydroxylation is 1. The molecule has 92 valence electrons. The van der Waals surface area contributed by atoms with Crippen LogP contribution in [-0.4, -0.2) is 19.2 Å². The van der Waals surface area contributed by atoms with Gasteiger partial charge in [-0.2, -0.15) is 0 Å². The number of benzene rings is 1. The van der Waals surface area contributed by atoms with Crippen molar-refractivity contribution in [2.75, 3.05) is 12.1 Å². The van der Waals surface area contributed by atoms with Crippen molar-refractivity contribution in [2.45, 2.75) is 27.0 Å². The van der Waals surface area contributed by atoms with Gasteiger partial charge in [-0.25, -0.2) is 0 Å². The first kappa shape index (κ1) is 11.9. The molecule has 0 radical (unpaired) electrons. The number of amides is 1. The molecular weight excluding hydrogens is 216 g/mol. The number of anilines is 1. The van der Waals surface area contributed by atoms with Gasteiger partial charge in [-0.05, 0) is 32.9 Å². The van der Waals surface area contributed by atoms with Crippen LogP contribution in [0.2, 0.25) is 0 Å². The Hall–Kier alpha value is -1.55. The molecule has 1 fully saturated rings. The predicted octanol–water partition coefficient (Wildman–Crippen LogP) is 1.84. The molecule has 0 aromatic heterocycles. The van der Waals surface area contributed by atoms with Crippen LogP contribution in [-0.2, 0) is 9.53 Å². The second-order valence-corrected chi connectivity index (χ2v) is 4.96. The van der Waals surface area contributed by atoms with Crippen LogP contribution in [0.25, 0.3) is 0 Å². The topological polar surface area (TPSA) is 41.6 Å². The highest BCUT2D eigenvalue weighted by atomic mass is 16.5. The van der Waals surface area contributed by atoms with Gasteiger partial charge in [-0.3, -0.25) is 15.2 Å². The van der Waals surface area contributed by atoms with Crippen LogP contribution in [0.4, 0.5) is 5.69 Å². The Bertz CT molecular complexity index is 426. The van der Waals surface area contributed by atoms with Crippen molar-refractivity contribution in [3.8, 4) is 0 Å². The molecule has 4 heteroatoms. The predicted molar refractivity (Wildman–Crippen MR) is 66.4 cm³/mol. The van der Waals surface area contributed by atoms with Gasteiger partial charge < -0.3 is 4.74 Å². The summed E-state index contributed by atoms with van der Waals surface area (Å²) in [6.07, 6.45) is -0.294. The number of nitrogens with zero attached hydrogens (tertiary/aromatic N) is 1. The van der Waals surface area contributed by atoms with Crippen molar-refractivity contribution in [2.24, 2.45) is 5.41 Å². The second kappa shape index (κ2) is 4.04. The summed E-state index contributed by atoms with van der Waals surface area (Å²) in [5, 5.41) is 1.78. The van der Waals surface area contributed by atoms with Gasteiger partial charge in [-0.15, -0.1) is 0 Å². The number of ether oxygens (including phenoxy) is 1. The smallest absolute Gasteiger partial charge is 0.248 e. The molecular formula is C13H18N2O2. The fourth-order valence-electron chi connectivity index (χ4n) is 2.05. The van der Waals surface area contributed by atoms with Crippen LogP contribution < -0.4 is 10.4 Å². The van der Waals surface area contributed by atoms with E-state index in [1.807, 2.05) is 45.0 Å². The lowest BCUT2D eigenvalue weighted by Crippen LogP contribution is -2.41. The molecule has 1 aliphatic rings. The minimum atomic E-state index is -0.556. The van der Waals surface area contributed by atoms with Gasteiger partial charge in [-0.1, -0.05) is 17.7 Å². The minimum absolute atomic E-state index is 0.0232. The first-order valence-corrected chi connectivity index (χ1v) is 5.66. The van der Waals surface area contributed by atoms with Crippen molar-refractivity contribution < 1.29 is 9.53 Å². The molecule has 1 unspecified atom stereocenters. The summed E-state index contributed by atoms with van der Waals surface area (Å²) in [4.78, 5) is 11.9. The number of nitrogens with one attached hydrogen (secondary N) is 1. The summed E-state index contributed by atoms with van der Waals surface area (Å²) in [5.74, 6) is -0.0232. The van der Waals surface area contributed by atoms with E-state index in [0.29, 0.717) is 0 Å². The molecule has 1 aromatic rings. The standard InChI is InChI=1S/C13H18N2O2/c1-9-5-7-10(8-6-9)15-12(17-4)13(2,3)11(16)14-15/h5-8,12H,1-4H3,(H,14,16). The number of methoxy groups -OCH3 is 1. The average molecular weight is 234 g/mol. The Balaban J connectivity index is 2.33. The first-order chi connectivity index (χ1) is 7.96. The highest BCUT2D eigenvalue weighted by Gasteiger charge is 2.48. The molecule has 1 atom stereocenters. The lowest BCUT2D eigenvalue weighted by atomic mass is 9.91. The fraction of sp³-hybridized carbons (Fsp3) is 0.462. The van der Waals surface area contributed by atoms with Gasteiger partial charge in [0.05, 0.1) is 11.1 Å². The Morgan fingerprint density at radius 1 is 1.29 bits per heavy atom. The summed E-state index contributed by atoms with van der Waals surface area (Å²) in [6, 6.07) is 7.98. The van der Waals surface area contributed by atoms with Gasteiger partial charge in [0.1, 0.15) is 0 Å². The van der Waals surface area contributed by atoms with Crippen LogP contribution >= 0.6 is 0 Å². The highest BCUT2D eigenvalue weighted by molar-refractivity contribution is 5.87. The van der Waals surface area contributed by atoms with E-state index in [9.17, 15) is 4.79 Å².